The molecule has 2 atom stereocenters. The maximum absolute atomic E-state index is 5.39. The second-order valence-corrected chi connectivity index (χ2v) is 5.91. The van der Waals surface area contributed by atoms with Gasteiger partial charge in [0.05, 0.1) is 12.0 Å². The minimum atomic E-state index is 0.381. The van der Waals surface area contributed by atoms with Crippen molar-refractivity contribution in [1.29, 1.82) is 0 Å². The van der Waals surface area contributed by atoms with Crippen molar-refractivity contribution in [3.05, 3.63) is 60.1 Å². The molecule has 2 nitrogen and oxygen atoms in total. The van der Waals surface area contributed by atoms with Crippen LogP contribution in [0.1, 0.15) is 31.2 Å². The van der Waals surface area contributed by atoms with Crippen LogP contribution >= 0.6 is 11.8 Å². The third-order valence-corrected chi connectivity index (χ3v) is 4.37. The van der Waals surface area contributed by atoms with Crippen molar-refractivity contribution in [3.8, 4) is 0 Å². The lowest BCUT2D eigenvalue weighted by Gasteiger charge is -2.24. The molecule has 1 aromatic heterocycles. The van der Waals surface area contributed by atoms with Gasteiger partial charge in [0.2, 0.25) is 0 Å². The fourth-order valence-electron chi connectivity index (χ4n) is 2.14. The van der Waals surface area contributed by atoms with Crippen molar-refractivity contribution in [2.45, 2.75) is 30.9 Å². The maximum Gasteiger partial charge on any atom is 0.113 e. The van der Waals surface area contributed by atoms with E-state index in [0.717, 1.165) is 18.1 Å². The molecular weight excluding hydrogens is 254 g/mol. The number of rotatable bonds is 7. The standard InChI is InChI=1S/C16H21NOS/c1-3-17-16(14-8-5-4-6-9-14)13(2)19-12-15-10-7-11-18-15/h4-11,13,16-17H,3,12H2,1-2H3. The number of benzene rings is 1. The fourth-order valence-corrected chi connectivity index (χ4v) is 3.18. The van der Waals surface area contributed by atoms with Crippen molar-refractivity contribution >= 4 is 11.8 Å². The highest BCUT2D eigenvalue weighted by Gasteiger charge is 2.18. The van der Waals surface area contributed by atoms with Crippen LogP contribution in [0.4, 0.5) is 0 Å². The topological polar surface area (TPSA) is 25.2 Å². The molecule has 1 N–H and O–H groups in total. The molecule has 0 amide bonds. The van der Waals surface area contributed by atoms with Gasteiger partial charge < -0.3 is 9.73 Å². The molecule has 0 saturated heterocycles. The summed E-state index contributed by atoms with van der Waals surface area (Å²) in [6, 6.07) is 15.0. The normalized spacial score (nSPS) is 14.2. The van der Waals surface area contributed by atoms with Gasteiger partial charge in [-0.3, -0.25) is 0 Å². The lowest BCUT2D eigenvalue weighted by molar-refractivity contribution is 0.526. The molecule has 2 aromatic rings. The lowest BCUT2D eigenvalue weighted by Crippen LogP contribution is -2.28. The number of furan rings is 1. The largest absolute Gasteiger partial charge is 0.468 e. The Labute approximate surface area is 119 Å². The van der Waals surface area contributed by atoms with Crippen LogP contribution in [0.25, 0.3) is 0 Å². The number of thioether (sulfide) groups is 1. The SMILES string of the molecule is CCNC(c1ccccc1)C(C)SCc1ccco1. The molecule has 0 bridgehead atoms. The van der Waals surface area contributed by atoms with E-state index in [9.17, 15) is 0 Å². The summed E-state index contributed by atoms with van der Waals surface area (Å²) in [5.74, 6) is 1.96. The highest BCUT2D eigenvalue weighted by Crippen LogP contribution is 2.28. The van der Waals surface area contributed by atoms with Gasteiger partial charge >= 0.3 is 0 Å². The van der Waals surface area contributed by atoms with Gasteiger partial charge in [0.25, 0.3) is 0 Å². The summed E-state index contributed by atoms with van der Waals surface area (Å²) < 4.78 is 5.39. The van der Waals surface area contributed by atoms with Crippen LogP contribution in [0.5, 0.6) is 0 Å². The van der Waals surface area contributed by atoms with Crippen molar-refractivity contribution in [1.82, 2.24) is 5.32 Å². The molecule has 0 saturated carbocycles. The molecule has 0 radical (unpaired) electrons. The molecule has 1 aromatic carbocycles. The first-order valence-corrected chi connectivity index (χ1v) is 7.78. The highest BCUT2D eigenvalue weighted by molar-refractivity contribution is 7.99. The molecule has 0 aliphatic carbocycles. The van der Waals surface area contributed by atoms with Gasteiger partial charge in [-0.15, -0.1) is 11.8 Å². The summed E-state index contributed by atoms with van der Waals surface area (Å²) in [7, 11) is 0. The summed E-state index contributed by atoms with van der Waals surface area (Å²) in [4.78, 5) is 0. The number of nitrogens with one attached hydrogen (secondary N) is 1. The predicted octanol–water partition coefficient (Wildman–Crippen LogP) is 4.25. The molecule has 102 valence electrons. The summed E-state index contributed by atoms with van der Waals surface area (Å²) in [5.41, 5.74) is 1.35. The molecule has 1 heterocycles. The lowest BCUT2D eigenvalue weighted by atomic mass is 10.0. The van der Waals surface area contributed by atoms with E-state index in [1.54, 1.807) is 6.26 Å². The maximum atomic E-state index is 5.39. The van der Waals surface area contributed by atoms with E-state index in [1.165, 1.54) is 5.56 Å². The van der Waals surface area contributed by atoms with Gasteiger partial charge in [-0.1, -0.05) is 44.2 Å². The van der Waals surface area contributed by atoms with Crippen molar-refractivity contribution in [2.75, 3.05) is 6.54 Å². The van der Waals surface area contributed by atoms with Crippen molar-refractivity contribution < 1.29 is 4.42 Å². The zero-order valence-electron chi connectivity index (χ0n) is 11.5. The summed E-state index contributed by atoms with van der Waals surface area (Å²) >= 11 is 1.92. The second kappa shape index (κ2) is 7.41. The molecular formula is C16H21NOS. The zero-order chi connectivity index (χ0) is 13.5. The Morgan fingerprint density at radius 1 is 1.16 bits per heavy atom. The van der Waals surface area contributed by atoms with Gasteiger partial charge in [0, 0.05) is 11.3 Å². The smallest absolute Gasteiger partial charge is 0.113 e. The Balaban J connectivity index is 1.98. The summed E-state index contributed by atoms with van der Waals surface area (Å²) in [5, 5.41) is 4.07. The molecule has 2 unspecified atom stereocenters. The van der Waals surface area contributed by atoms with Crippen LogP contribution in [-0.4, -0.2) is 11.8 Å². The van der Waals surface area contributed by atoms with Gasteiger partial charge in [-0.2, -0.15) is 0 Å². The molecule has 0 aliphatic rings. The molecule has 2 rings (SSSR count). The number of hydrogen-bond acceptors (Lipinski definition) is 3. The average molecular weight is 275 g/mol. The Morgan fingerprint density at radius 3 is 2.58 bits per heavy atom. The third kappa shape index (κ3) is 4.15. The van der Waals surface area contributed by atoms with E-state index in [4.69, 9.17) is 4.42 Å². The van der Waals surface area contributed by atoms with Crippen LogP contribution in [-0.2, 0) is 5.75 Å². The summed E-state index contributed by atoms with van der Waals surface area (Å²) in [6.07, 6.45) is 1.74. The van der Waals surface area contributed by atoms with Crippen LogP contribution in [0, 0.1) is 0 Å². The molecule has 0 aliphatic heterocycles. The van der Waals surface area contributed by atoms with Crippen LogP contribution < -0.4 is 5.32 Å². The zero-order valence-corrected chi connectivity index (χ0v) is 12.3. The quantitative estimate of drug-likeness (QED) is 0.817. The number of hydrogen-bond donors (Lipinski definition) is 1. The van der Waals surface area contributed by atoms with E-state index >= 15 is 0 Å². The van der Waals surface area contributed by atoms with Gasteiger partial charge in [-0.25, -0.2) is 0 Å². The van der Waals surface area contributed by atoms with Crippen LogP contribution in [0.3, 0.4) is 0 Å². The Kier molecular flexibility index (Phi) is 5.55. The Hall–Kier alpha value is -1.19. The molecule has 0 spiro atoms. The van der Waals surface area contributed by atoms with Crippen molar-refractivity contribution in [2.24, 2.45) is 0 Å². The third-order valence-electron chi connectivity index (χ3n) is 3.12. The van der Waals surface area contributed by atoms with E-state index in [2.05, 4.69) is 49.5 Å². The fraction of sp³-hybridized carbons (Fsp3) is 0.375. The monoisotopic (exact) mass is 275 g/mol. The highest BCUT2D eigenvalue weighted by atomic mass is 32.2. The van der Waals surface area contributed by atoms with Crippen molar-refractivity contribution in [3.63, 3.8) is 0 Å². The first kappa shape index (κ1) is 14.2. The molecule has 19 heavy (non-hydrogen) atoms. The first-order chi connectivity index (χ1) is 9.31. The average Bonchev–Trinajstić information content (AvgIpc) is 2.96. The van der Waals surface area contributed by atoms with Crippen LogP contribution in [0.15, 0.2) is 53.1 Å². The molecule has 3 heteroatoms. The van der Waals surface area contributed by atoms with E-state index in [0.29, 0.717) is 11.3 Å². The van der Waals surface area contributed by atoms with Gasteiger partial charge in [-0.05, 0) is 24.2 Å². The van der Waals surface area contributed by atoms with E-state index < -0.39 is 0 Å². The Bertz CT molecular complexity index is 455. The summed E-state index contributed by atoms with van der Waals surface area (Å²) in [6.45, 7) is 5.40. The first-order valence-electron chi connectivity index (χ1n) is 6.73. The van der Waals surface area contributed by atoms with E-state index in [1.807, 2.05) is 23.9 Å². The van der Waals surface area contributed by atoms with Gasteiger partial charge in [0.1, 0.15) is 5.76 Å². The van der Waals surface area contributed by atoms with Gasteiger partial charge in [0.15, 0.2) is 0 Å². The van der Waals surface area contributed by atoms with Crippen LogP contribution in [0.2, 0.25) is 0 Å². The second-order valence-electron chi connectivity index (χ2n) is 4.54. The minimum absolute atomic E-state index is 0.381. The van der Waals surface area contributed by atoms with E-state index in [-0.39, 0.29) is 0 Å². The minimum Gasteiger partial charge on any atom is -0.468 e. The predicted molar refractivity (Wildman–Crippen MR) is 82.3 cm³/mol. The Morgan fingerprint density at radius 2 is 1.95 bits per heavy atom. The molecule has 0 fully saturated rings.